The fourth-order valence-electron chi connectivity index (χ4n) is 2.59. The van der Waals surface area contributed by atoms with Crippen molar-refractivity contribution in [3.8, 4) is 0 Å². The van der Waals surface area contributed by atoms with E-state index in [1.54, 1.807) is 6.92 Å². The monoisotopic (exact) mass is 371 g/mol. The molecule has 3 nitrogen and oxygen atoms in total. The van der Waals surface area contributed by atoms with Gasteiger partial charge < -0.3 is 10.8 Å². The molecule has 3 unspecified atom stereocenters. The molecule has 0 spiro atoms. The van der Waals surface area contributed by atoms with Crippen LogP contribution in [0.5, 0.6) is 0 Å². The van der Waals surface area contributed by atoms with Crippen molar-refractivity contribution in [2.45, 2.75) is 51.0 Å². The molecule has 0 aliphatic rings. The molecule has 0 aliphatic carbocycles. The average molecular weight is 371 g/mol. The molecule has 3 N–H and O–H groups in total. The van der Waals surface area contributed by atoms with Gasteiger partial charge in [-0.25, -0.2) is 0 Å². The van der Waals surface area contributed by atoms with Crippen molar-refractivity contribution in [3.05, 3.63) is 34.9 Å². The lowest BCUT2D eigenvalue weighted by Crippen LogP contribution is -2.46. The van der Waals surface area contributed by atoms with Gasteiger partial charge >= 0.3 is 18.3 Å². The molecule has 3 atom stereocenters. The first-order valence-electron chi connectivity index (χ1n) is 7.38. The molecule has 0 saturated carbocycles. The summed E-state index contributed by atoms with van der Waals surface area (Å²) in [6.07, 6.45) is -10.3. The summed E-state index contributed by atoms with van der Waals surface area (Å²) in [5, 5.41) is 9.02. The molecule has 9 heteroatoms. The molecule has 1 aromatic rings. The zero-order chi connectivity index (χ0) is 19.8. The Hall–Kier alpha value is -1.77. The number of carbonyl (C=O) groups is 1. The Kier molecular flexibility index (Phi) is 5.83. The van der Waals surface area contributed by atoms with E-state index in [-0.39, 0.29) is 12.0 Å². The van der Waals surface area contributed by atoms with E-state index in [0.29, 0.717) is 12.1 Å². The summed E-state index contributed by atoms with van der Waals surface area (Å²) in [4.78, 5) is 11.1. The Morgan fingerprint density at radius 2 is 1.56 bits per heavy atom. The van der Waals surface area contributed by atoms with Crippen molar-refractivity contribution in [1.29, 1.82) is 0 Å². The Bertz CT molecular complexity index is 636. The van der Waals surface area contributed by atoms with Gasteiger partial charge in [0, 0.05) is 0 Å². The van der Waals surface area contributed by atoms with E-state index in [0.717, 1.165) is 6.07 Å². The Morgan fingerprint density at radius 1 is 1.08 bits per heavy atom. The standard InChI is InChI=1S/C16H19F6NO2/c1-8(7-14(3,23)13(24)25)9(2)10-4-5-11(15(17,18)19)12(6-10)16(20,21)22/h4-6,8-9H,7,23H2,1-3H3,(H,24,25). The molecule has 25 heavy (non-hydrogen) atoms. The number of benzene rings is 1. The van der Waals surface area contributed by atoms with E-state index in [1.165, 1.54) is 13.8 Å². The molecular weight excluding hydrogens is 352 g/mol. The summed E-state index contributed by atoms with van der Waals surface area (Å²) in [6, 6.07) is 1.85. The second kappa shape index (κ2) is 6.86. The van der Waals surface area contributed by atoms with Crippen molar-refractivity contribution >= 4 is 5.97 Å². The molecule has 0 aliphatic heterocycles. The first kappa shape index (κ1) is 21.3. The normalized spacial score (nSPS) is 17.7. The number of alkyl halides is 6. The number of carboxylic acids is 1. The molecule has 0 heterocycles. The predicted molar refractivity (Wildman–Crippen MR) is 78.9 cm³/mol. The van der Waals surface area contributed by atoms with E-state index >= 15 is 0 Å². The van der Waals surface area contributed by atoms with Crippen molar-refractivity contribution in [2.75, 3.05) is 0 Å². The van der Waals surface area contributed by atoms with Crippen LogP contribution < -0.4 is 5.73 Å². The van der Waals surface area contributed by atoms with Crippen LogP contribution in [0.25, 0.3) is 0 Å². The number of hydrogen-bond donors (Lipinski definition) is 2. The molecule has 0 saturated heterocycles. The van der Waals surface area contributed by atoms with Crippen molar-refractivity contribution in [1.82, 2.24) is 0 Å². The van der Waals surface area contributed by atoms with Gasteiger partial charge in [0.05, 0.1) is 11.1 Å². The van der Waals surface area contributed by atoms with E-state index < -0.39 is 46.8 Å². The highest BCUT2D eigenvalue weighted by atomic mass is 19.4. The summed E-state index contributed by atoms with van der Waals surface area (Å²) < 4.78 is 77.4. The second-order valence-electron chi connectivity index (χ2n) is 6.49. The summed E-state index contributed by atoms with van der Waals surface area (Å²) in [5.74, 6) is -2.36. The van der Waals surface area contributed by atoms with Crippen LogP contribution in [-0.2, 0) is 17.1 Å². The number of halogens is 6. The Morgan fingerprint density at radius 3 is 1.96 bits per heavy atom. The third kappa shape index (κ3) is 5.10. The van der Waals surface area contributed by atoms with Crippen LogP contribution in [0, 0.1) is 5.92 Å². The van der Waals surface area contributed by atoms with Crippen LogP contribution in [0.15, 0.2) is 18.2 Å². The van der Waals surface area contributed by atoms with Gasteiger partial charge in [-0.15, -0.1) is 0 Å². The summed E-state index contributed by atoms with van der Waals surface area (Å²) in [5.41, 5.74) is 0.563. The van der Waals surface area contributed by atoms with Gasteiger partial charge in [0.15, 0.2) is 0 Å². The number of carboxylic acid groups (broad SMARTS) is 1. The van der Waals surface area contributed by atoms with Gasteiger partial charge in [0.25, 0.3) is 0 Å². The van der Waals surface area contributed by atoms with Crippen molar-refractivity contribution in [3.63, 3.8) is 0 Å². The predicted octanol–water partition coefficient (Wildman–Crippen LogP) is 4.66. The highest BCUT2D eigenvalue weighted by Gasteiger charge is 2.43. The number of nitrogens with two attached hydrogens (primary N) is 1. The second-order valence-corrected chi connectivity index (χ2v) is 6.49. The minimum Gasteiger partial charge on any atom is -0.480 e. The molecule has 0 fully saturated rings. The Balaban J connectivity index is 3.24. The molecule has 142 valence electrons. The molecular formula is C16H19F6NO2. The molecule has 1 aromatic carbocycles. The summed E-state index contributed by atoms with van der Waals surface area (Å²) >= 11 is 0. The largest absolute Gasteiger partial charge is 0.480 e. The highest BCUT2D eigenvalue weighted by molar-refractivity contribution is 5.77. The van der Waals surface area contributed by atoms with E-state index in [2.05, 4.69) is 0 Å². The number of rotatable bonds is 5. The van der Waals surface area contributed by atoms with Crippen LogP contribution in [-0.4, -0.2) is 16.6 Å². The third-order valence-electron chi connectivity index (χ3n) is 4.27. The fraction of sp³-hybridized carbons (Fsp3) is 0.562. The lowest BCUT2D eigenvalue weighted by atomic mass is 9.80. The van der Waals surface area contributed by atoms with Gasteiger partial charge in [-0.05, 0) is 42.9 Å². The highest BCUT2D eigenvalue weighted by Crippen LogP contribution is 2.42. The van der Waals surface area contributed by atoms with Gasteiger partial charge in [-0.3, -0.25) is 4.79 Å². The van der Waals surface area contributed by atoms with Crippen LogP contribution in [0.4, 0.5) is 26.3 Å². The van der Waals surface area contributed by atoms with Gasteiger partial charge in [0.1, 0.15) is 5.54 Å². The van der Waals surface area contributed by atoms with E-state index in [9.17, 15) is 31.1 Å². The van der Waals surface area contributed by atoms with Gasteiger partial charge in [-0.2, -0.15) is 26.3 Å². The molecule has 0 bridgehead atoms. The summed E-state index contributed by atoms with van der Waals surface area (Å²) in [7, 11) is 0. The maximum absolute atomic E-state index is 13.0. The minimum atomic E-state index is -5.16. The van der Waals surface area contributed by atoms with Crippen molar-refractivity contribution < 1.29 is 36.2 Å². The van der Waals surface area contributed by atoms with E-state index in [1.807, 2.05) is 0 Å². The van der Waals surface area contributed by atoms with Crippen LogP contribution in [0.2, 0.25) is 0 Å². The number of aliphatic carboxylic acids is 1. The first-order chi connectivity index (χ1) is 11.1. The van der Waals surface area contributed by atoms with E-state index in [4.69, 9.17) is 10.8 Å². The average Bonchev–Trinajstić information content (AvgIpc) is 2.43. The van der Waals surface area contributed by atoms with Gasteiger partial charge in [-0.1, -0.05) is 19.9 Å². The Labute approximate surface area is 140 Å². The molecule has 1 rings (SSSR count). The van der Waals surface area contributed by atoms with Crippen LogP contribution >= 0.6 is 0 Å². The van der Waals surface area contributed by atoms with Gasteiger partial charge in [0.2, 0.25) is 0 Å². The lowest BCUT2D eigenvalue weighted by molar-refractivity contribution is -0.162. The first-order valence-corrected chi connectivity index (χ1v) is 7.38. The topological polar surface area (TPSA) is 63.3 Å². The summed E-state index contributed by atoms with van der Waals surface area (Å²) in [6.45, 7) is 4.38. The fourth-order valence-corrected chi connectivity index (χ4v) is 2.59. The van der Waals surface area contributed by atoms with Crippen LogP contribution in [0.3, 0.4) is 0 Å². The minimum absolute atomic E-state index is 0.0361. The lowest BCUT2D eigenvalue weighted by Gasteiger charge is -2.28. The molecule has 0 aromatic heterocycles. The maximum atomic E-state index is 13.0. The molecule has 0 amide bonds. The van der Waals surface area contributed by atoms with Crippen molar-refractivity contribution in [2.24, 2.45) is 11.7 Å². The SMILES string of the molecule is CC(CC(C)(N)C(=O)O)C(C)c1ccc(C(F)(F)F)c(C(F)(F)F)c1. The smallest absolute Gasteiger partial charge is 0.417 e. The quantitative estimate of drug-likeness (QED) is 0.741. The molecule has 0 radical (unpaired) electrons. The third-order valence-corrected chi connectivity index (χ3v) is 4.27. The zero-order valence-electron chi connectivity index (χ0n) is 13.8. The zero-order valence-corrected chi connectivity index (χ0v) is 13.8. The number of hydrogen-bond acceptors (Lipinski definition) is 2. The maximum Gasteiger partial charge on any atom is 0.417 e. The van der Waals surface area contributed by atoms with Crippen LogP contribution in [0.1, 0.15) is 49.8 Å².